The Morgan fingerprint density at radius 1 is 1.15 bits per heavy atom. The van der Waals surface area contributed by atoms with Gasteiger partial charge in [0.2, 0.25) is 0 Å². The summed E-state index contributed by atoms with van der Waals surface area (Å²) in [7, 11) is 0. The van der Waals surface area contributed by atoms with Crippen LogP contribution in [0.2, 0.25) is 10.2 Å². The molecule has 66 valence electrons. The summed E-state index contributed by atoms with van der Waals surface area (Å²) in [6.45, 7) is 0. The normalized spacial score (nSPS) is 10.7. The van der Waals surface area contributed by atoms with Crippen LogP contribution in [0.1, 0.15) is 0 Å². The van der Waals surface area contributed by atoms with Gasteiger partial charge in [-0.3, -0.25) is 0 Å². The maximum absolute atomic E-state index is 5.89. The predicted molar refractivity (Wildman–Crippen MR) is 57.3 cm³/mol. The molecular formula is C8H3BrCl2N2. The Kier molecular flexibility index (Phi) is 2.41. The van der Waals surface area contributed by atoms with Gasteiger partial charge in [-0.05, 0) is 34.1 Å². The number of hydrogen-bond donors (Lipinski definition) is 0. The number of rotatable bonds is 0. The first kappa shape index (κ1) is 9.19. The minimum Gasteiger partial charge on any atom is -0.222 e. The van der Waals surface area contributed by atoms with Gasteiger partial charge in [0.1, 0.15) is 5.15 Å². The van der Waals surface area contributed by atoms with Crippen molar-refractivity contribution in [2.24, 2.45) is 0 Å². The van der Waals surface area contributed by atoms with Crippen molar-refractivity contribution in [2.75, 3.05) is 0 Å². The number of nitrogens with zero attached hydrogens (tertiary/aromatic N) is 2. The van der Waals surface area contributed by atoms with Gasteiger partial charge < -0.3 is 0 Å². The highest BCUT2D eigenvalue weighted by atomic mass is 79.9. The summed E-state index contributed by atoms with van der Waals surface area (Å²) < 4.78 is 0.465. The highest BCUT2D eigenvalue weighted by molar-refractivity contribution is 9.10. The van der Waals surface area contributed by atoms with Crippen molar-refractivity contribution in [1.29, 1.82) is 0 Å². The topological polar surface area (TPSA) is 25.8 Å². The monoisotopic (exact) mass is 276 g/mol. The van der Waals surface area contributed by atoms with Gasteiger partial charge >= 0.3 is 0 Å². The van der Waals surface area contributed by atoms with Crippen molar-refractivity contribution < 1.29 is 0 Å². The smallest absolute Gasteiger partial charge is 0.198 e. The molecule has 0 aliphatic carbocycles. The molecule has 0 aliphatic rings. The molecule has 0 N–H and O–H groups in total. The SMILES string of the molecule is Clc1ccc2c(Cl)nc(Br)nc2c1. The summed E-state index contributed by atoms with van der Waals surface area (Å²) in [5.74, 6) is 0. The Morgan fingerprint density at radius 2 is 1.92 bits per heavy atom. The molecule has 0 atom stereocenters. The van der Waals surface area contributed by atoms with Crippen molar-refractivity contribution in [3.63, 3.8) is 0 Å². The molecule has 0 amide bonds. The van der Waals surface area contributed by atoms with Crippen molar-refractivity contribution in [3.8, 4) is 0 Å². The van der Waals surface area contributed by atoms with Crippen LogP contribution in [0, 0.1) is 0 Å². The molecule has 2 aromatic rings. The minimum atomic E-state index is 0.425. The van der Waals surface area contributed by atoms with Gasteiger partial charge in [-0.15, -0.1) is 0 Å². The second kappa shape index (κ2) is 3.40. The van der Waals surface area contributed by atoms with E-state index in [1.54, 1.807) is 18.2 Å². The van der Waals surface area contributed by atoms with E-state index < -0.39 is 0 Å². The van der Waals surface area contributed by atoms with E-state index in [1.807, 2.05) is 0 Å². The summed E-state index contributed by atoms with van der Waals surface area (Å²) >= 11 is 14.9. The summed E-state index contributed by atoms with van der Waals surface area (Å²) in [5.41, 5.74) is 0.736. The lowest BCUT2D eigenvalue weighted by Crippen LogP contribution is -1.86. The zero-order chi connectivity index (χ0) is 9.42. The molecule has 1 aromatic carbocycles. The molecule has 2 nitrogen and oxygen atoms in total. The van der Waals surface area contributed by atoms with Crippen molar-refractivity contribution in [2.45, 2.75) is 0 Å². The Morgan fingerprint density at radius 3 is 2.69 bits per heavy atom. The molecule has 1 aromatic heterocycles. The molecule has 0 bridgehead atoms. The summed E-state index contributed by atoms with van der Waals surface area (Å²) in [4.78, 5) is 8.09. The Hall–Kier alpha value is -0.380. The lowest BCUT2D eigenvalue weighted by molar-refractivity contribution is 1.16. The van der Waals surface area contributed by atoms with Crippen LogP contribution in [-0.2, 0) is 0 Å². The van der Waals surface area contributed by atoms with E-state index in [-0.39, 0.29) is 0 Å². The standard InChI is InChI=1S/C8H3BrCl2N2/c9-8-12-6-3-4(10)1-2-5(6)7(11)13-8/h1-3H. The van der Waals surface area contributed by atoms with Crippen LogP contribution in [-0.4, -0.2) is 9.97 Å². The zero-order valence-corrected chi connectivity index (χ0v) is 9.36. The molecule has 0 spiro atoms. The van der Waals surface area contributed by atoms with Gasteiger partial charge in [-0.2, -0.15) is 0 Å². The molecule has 2 rings (SSSR count). The first-order valence-corrected chi connectivity index (χ1v) is 5.00. The lowest BCUT2D eigenvalue weighted by Gasteiger charge is -1.99. The third-order valence-electron chi connectivity index (χ3n) is 1.59. The number of hydrogen-bond acceptors (Lipinski definition) is 2. The lowest BCUT2D eigenvalue weighted by atomic mass is 10.2. The largest absolute Gasteiger partial charge is 0.222 e. The van der Waals surface area contributed by atoms with Gasteiger partial charge in [0.15, 0.2) is 4.73 Å². The van der Waals surface area contributed by atoms with Gasteiger partial charge in [0.25, 0.3) is 0 Å². The first-order chi connectivity index (χ1) is 6.16. The van der Waals surface area contributed by atoms with E-state index in [9.17, 15) is 0 Å². The van der Waals surface area contributed by atoms with Crippen molar-refractivity contribution >= 4 is 50.0 Å². The highest BCUT2D eigenvalue weighted by Gasteiger charge is 2.03. The van der Waals surface area contributed by atoms with E-state index in [1.165, 1.54) is 0 Å². The fourth-order valence-corrected chi connectivity index (χ4v) is 1.91. The molecule has 0 unspecified atom stereocenters. The summed E-state index contributed by atoms with van der Waals surface area (Å²) in [6.07, 6.45) is 0. The minimum absolute atomic E-state index is 0.425. The van der Waals surface area contributed by atoms with Crippen LogP contribution in [0.5, 0.6) is 0 Å². The first-order valence-electron chi connectivity index (χ1n) is 3.45. The van der Waals surface area contributed by atoms with Gasteiger partial charge in [-0.25, -0.2) is 9.97 Å². The maximum atomic E-state index is 5.89. The van der Waals surface area contributed by atoms with E-state index >= 15 is 0 Å². The Balaban J connectivity index is 2.86. The molecule has 0 saturated carbocycles. The molecule has 1 heterocycles. The average Bonchev–Trinajstić information content (AvgIpc) is 2.02. The van der Waals surface area contributed by atoms with Crippen LogP contribution in [0.25, 0.3) is 10.9 Å². The summed E-state index contributed by atoms with van der Waals surface area (Å²) in [5, 5.41) is 1.86. The van der Waals surface area contributed by atoms with Crippen LogP contribution in [0.4, 0.5) is 0 Å². The van der Waals surface area contributed by atoms with E-state index in [0.29, 0.717) is 14.9 Å². The van der Waals surface area contributed by atoms with Gasteiger partial charge in [0.05, 0.1) is 5.52 Å². The van der Waals surface area contributed by atoms with E-state index in [4.69, 9.17) is 23.2 Å². The number of aromatic nitrogens is 2. The zero-order valence-electron chi connectivity index (χ0n) is 6.26. The van der Waals surface area contributed by atoms with E-state index in [2.05, 4.69) is 25.9 Å². The third kappa shape index (κ3) is 1.77. The van der Waals surface area contributed by atoms with Gasteiger partial charge in [-0.1, -0.05) is 23.2 Å². The van der Waals surface area contributed by atoms with Crippen molar-refractivity contribution in [1.82, 2.24) is 9.97 Å². The molecule has 13 heavy (non-hydrogen) atoms. The number of benzene rings is 1. The molecule has 5 heteroatoms. The molecular weight excluding hydrogens is 275 g/mol. The molecule has 0 aliphatic heterocycles. The molecule has 0 saturated heterocycles. The Labute approximate surface area is 93.0 Å². The Bertz CT molecular complexity index is 468. The third-order valence-corrected chi connectivity index (χ3v) is 2.46. The summed E-state index contributed by atoms with van der Waals surface area (Å²) in [6, 6.07) is 5.30. The van der Waals surface area contributed by atoms with Crippen LogP contribution in [0.15, 0.2) is 22.9 Å². The van der Waals surface area contributed by atoms with Gasteiger partial charge in [0, 0.05) is 10.4 Å². The van der Waals surface area contributed by atoms with Crippen LogP contribution < -0.4 is 0 Å². The second-order valence-corrected chi connectivity index (χ2v) is 3.95. The maximum Gasteiger partial charge on any atom is 0.198 e. The predicted octanol–water partition coefficient (Wildman–Crippen LogP) is 3.70. The second-order valence-electron chi connectivity index (χ2n) is 2.44. The molecule has 0 radical (unpaired) electrons. The fraction of sp³-hybridized carbons (Fsp3) is 0. The van der Waals surface area contributed by atoms with Crippen LogP contribution in [0.3, 0.4) is 0 Å². The fourth-order valence-electron chi connectivity index (χ4n) is 1.04. The van der Waals surface area contributed by atoms with Crippen LogP contribution >= 0.6 is 39.1 Å². The molecule has 0 fully saturated rings. The number of halogens is 3. The quantitative estimate of drug-likeness (QED) is 0.542. The number of fused-ring (bicyclic) bond motifs is 1. The van der Waals surface area contributed by atoms with E-state index in [0.717, 1.165) is 10.9 Å². The van der Waals surface area contributed by atoms with Crippen molar-refractivity contribution in [3.05, 3.63) is 33.1 Å². The average molecular weight is 278 g/mol. The highest BCUT2D eigenvalue weighted by Crippen LogP contribution is 2.24.